The number of nitro benzene ring substituents is 1. The van der Waals surface area contributed by atoms with Gasteiger partial charge in [-0.3, -0.25) is 19.8 Å². The lowest BCUT2D eigenvalue weighted by Gasteiger charge is -2.23. The number of amides is 1. The fourth-order valence-corrected chi connectivity index (χ4v) is 5.03. The van der Waals surface area contributed by atoms with Crippen molar-refractivity contribution in [2.45, 2.75) is 13.0 Å². The fourth-order valence-electron chi connectivity index (χ4n) is 3.61. The van der Waals surface area contributed by atoms with Gasteiger partial charge in [-0.15, -0.1) is 0 Å². The summed E-state index contributed by atoms with van der Waals surface area (Å²) in [6.07, 6.45) is 1.70. The standard InChI is InChI=1S/C26H20N2O6S2/c1-16(18-7-4-3-5-8-18)27-24(29)23(36-26(27)35)14-17-11-12-21(22(13-17)33-2)34-25(30)19-9-6-10-20(15-19)28(31)32/h3-16H,1-2H3/b23-14+/t16-/m1/s1. The Hall–Kier alpha value is -4.02. The van der Waals surface area contributed by atoms with Crippen molar-refractivity contribution in [3.05, 3.63) is 105 Å². The third-order valence-corrected chi connectivity index (χ3v) is 6.80. The predicted octanol–water partition coefficient (Wildman–Crippen LogP) is 5.79. The number of methoxy groups -OCH3 is 1. The summed E-state index contributed by atoms with van der Waals surface area (Å²) < 4.78 is 11.3. The van der Waals surface area contributed by atoms with Gasteiger partial charge in [0.15, 0.2) is 11.5 Å². The van der Waals surface area contributed by atoms with Crippen LogP contribution in [0.25, 0.3) is 6.08 Å². The lowest BCUT2D eigenvalue weighted by molar-refractivity contribution is -0.384. The minimum Gasteiger partial charge on any atom is -0.493 e. The zero-order valence-corrected chi connectivity index (χ0v) is 20.9. The summed E-state index contributed by atoms with van der Waals surface area (Å²) in [6, 6.07) is 19.5. The number of thiocarbonyl (C=S) groups is 1. The molecule has 1 amide bonds. The molecule has 10 heteroatoms. The lowest BCUT2D eigenvalue weighted by Crippen LogP contribution is -2.30. The van der Waals surface area contributed by atoms with Crippen LogP contribution < -0.4 is 9.47 Å². The molecule has 1 atom stereocenters. The summed E-state index contributed by atoms with van der Waals surface area (Å²) in [7, 11) is 1.42. The summed E-state index contributed by atoms with van der Waals surface area (Å²) >= 11 is 6.70. The second-order valence-corrected chi connectivity index (χ2v) is 9.42. The molecule has 0 radical (unpaired) electrons. The molecule has 3 aromatic carbocycles. The molecule has 36 heavy (non-hydrogen) atoms. The van der Waals surface area contributed by atoms with E-state index in [-0.39, 0.29) is 34.7 Å². The maximum absolute atomic E-state index is 13.1. The maximum atomic E-state index is 13.1. The van der Waals surface area contributed by atoms with Crippen molar-refractivity contribution in [1.82, 2.24) is 4.90 Å². The summed E-state index contributed by atoms with van der Waals surface area (Å²) in [5.41, 5.74) is 1.44. The van der Waals surface area contributed by atoms with Gasteiger partial charge in [0.25, 0.3) is 11.6 Å². The molecule has 1 aliphatic rings. The molecule has 0 unspecified atom stereocenters. The van der Waals surface area contributed by atoms with E-state index >= 15 is 0 Å². The fraction of sp³-hybridized carbons (Fsp3) is 0.115. The van der Waals surface area contributed by atoms with Gasteiger partial charge >= 0.3 is 5.97 Å². The highest BCUT2D eigenvalue weighted by Gasteiger charge is 2.36. The number of benzene rings is 3. The number of thioether (sulfide) groups is 1. The first-order valence-electron chi connectivity index (χ1n) is 10.7. The van der Waals surface area contributed by atoms with Crippen LogP contribution in [-0.2, 0) is 4.79 Å². The maximum Gasteiger partial charge on any atom is 0.343 e. The van der Waals surface area contributed by atoms with E-state index < -0.39 is 10.9 Å². The first-order valence-corrected chi connectivity index (χ1v) is 12.0. The van der Waals surface area contributed by atoms with Gasteiger partial charge in [0.05, 0.1) is 28.5 Å². The second kappa shape index (κ2) is 10.7. The summed E-state index contributed by atoms with van der Waals surface area (Å²) in [6.45, 7) is 1.93. The van der Waals surface area contributed by atoms with Crippen LogP contribution in [0.4, 0.5) is 5.69 Å². The molecule has 8 nitrogen and oxygen atoms in total. The van der Waals surface area contributed by atoms with Gasteiger partial charge in [0, 0.05) is 12.1 Å². The number of ether oxygens (including phenoxy) is 2. The number of esters is 1. The third-order valence-electron chi connectivity index (χ3n) is 5.47. The van der Waals surface area contributed by atoms with Gasteiger partial charge in [-0.05, 0) is 42.3 Å². The quantitative estimate of drug-likeness (QED) is 0.0965. The Labute approximate surface area is 216 Å². The normalized spacial score (nSPS) is 15.2. The Morgan fingerprint density at radius 3 is 2.53 bits per heavy atom. The molecule has 0 bridgehead atoms. The van der Waals surface area contributed by atoms with Gasteiger partial charge in [-0.1, -0.05) is 66.4 Å². The van der Waals surface area contributed by atoms with Crippen molar-refractivity contribution in [3.63, 3.8) is 0 Å². The van der Waals surface area contributed by atoms with Crippen molar-refractivity contribution < 1.29 is 24.0 Å². The molecule has 0 N–H and O–H groups in total. The van der Waals surface area contributed by atoms with Crippen molar-refractivity contribution in [3.8, 4) is 11.5 Å². The molecule has 182 valence electrons. The van der Waals surface area contributed by atoms with Crippen LogP contribution >= 0.6 is 24.0 Å². The largest absolute Gasteiger partial charge is 0.493 e. The van der Waals surface area contributed by atoms with Crippen molar-refractivity contribution in [2.24, 2.45) is 0 Å². The van der Waals surface area contributed by atoms with E-state index in [1.54, 1.807) is 23.1 Å². The number of non-ortho nitro benzene ring substituents is 1. The van der Waals surface area contributed by atoms with E-state index in [1.165, 1.54) is 43.1 Å². The highest BCUT2D eigenvalue weighted by atomic mass is 32.2. The van der Waals surface area contributed by atoms with E-state index in [2.05, 4.69) is 0 Å². The van der Waals surface area contributed by atoms with Gasteiger partial charge in [-0.2, -0.15) is 0 Å². The summed E-state index contributed by atoms with van der Waals surface area (Å²) in [5.74, 6) is -0.561. The van der Waals surface area contributed by atoms with Crippen molar-refractivity contribution >= 4 is 51.9 Å². The van der Waals surface area contributed by atoms with Crippen LogP contribution in [0.3, 0.4) is 0 Å². The molecule has 3 aromatic rings. The van der Waals surface area contributed by atoms with Crippen LogP contribution in [0.1, 0.15) is 34.5 Å². The predicted molar refractivity (Wildman–Crippen MR) is 141 cm³/mol. The summed E-state index contributed by atoms with van der Waals surface area (Å²) in [4.78, 5) is 38.1. The topological polar surface area (TPSA) is 99.0 Å². The van der Waals surface area contributed by atoms with E-state index in [0.717, 1.165) is 11.6 Å². The monoisotopic (exact) mass is 520 g/mol. The molecular weight excluding hydrogens is 500 g/mol. The van der Waals surface area contributed by atoms with E-state index in [1.807, 2.05) is 37.3 Å². The Morgan fingerprint density at radius 1 is 1.08 bits per heavy atom. The average Bonchev–Trinajstić information content (AvgIpc) is 3.17. The zero-order valence-electron chi connectivity index (χ0n) is 19.2. The zero-order chi connectivity index (χ0) is 25.8. The number of hydrogen-bond acceptors (Lipinski definition) is 8. The van der Waals surface area contributed by atoms with Gasteiger partial charge in [0.1, 0.15) is 4.32 Å². The SMILES string of the molecule is COc1cc(/C=C2/SC(=S)N([C@H](C)c3ccccc3)C2=O)ccc1OC(=O)c1cccc([N+](=O)[O-])c1. The number of nitro groups is 1. The smallest absolute Gasteiger partial charge is 0.343 e. The van der Waals surface area contributed by atoms with Crippen molar-refractivity contribution in [2.75, 3.05) is 7.11 Å². The number of rotatable bonds is 7. The van der Waals surface area contributed by atoms with Gasteiger partial charge < -0.3 is 9.47 Å². The Morgan fingerprint density at radius 2 is 1.83 bits per heavy atom. The molecule has 0 spiro atoms. The number of nitrogens with zero attached hydrogens (tertiary/aromatic N) is 2. The molecule has 1 heterocycles. The second-order valence-electron chi connectivity index (χ2n) is 7.75. The Balaban J connectivity index is 1.54. The molecule has 1 saturated heterocycles. The van der Waals surface area contributed by atoms with Crippen LogP contribution in [0, 0.1) is 10.1 Å². The number of carbonyl (C=O) groups is 2. The van der Waals surface area contributed by atoms with Gasteiger partial charge in [-0.25, -0.2) is 4.79 Å². The molecule has 4 rings (SSSR count). The number of carbonyl (C=O) groups excluding carboxylic acids is 2. The van der Waals surface area contributed by atoms with Crippen LogP contribution in [0.2, 0.25) is 0 Å². The lowest BCUT2D eigenvalue weighted by atomic mass is 10.1. The first-order chi connectivity index (χ1) is 17.3. The van der Waals surface area contributed by atoms with Crippen LogP contribution in [0.5, 0.6) is 11.5 Å². The van der Waals surface area contributed by atoms with E-state index in [0.29, 0.717) is 14.8 Å². The van der Waals surface area contributed by atoms with Crippen molar-refractivity contribution in [1.29, 1.82) is 0 Å². The molecule has 0 aliphatic carbocycles. The minimum atomic E-state index is -0.763. The molecular formula is C26H20N2O6S2. The van der Waals surface area contributed by atoms with E-state index in [4.69, 9.17) is 21.7 Å². The highest BCUT2D eigenvalue weighted by molar-refractivity contribution is 8.26. The minimum absolute atomic E-state index is 0.0338. The van der Waals surface area contributed by atoms with Crippen LogP contribution in [-0.4, -0.2) is 33.1 Å². The molecule has 1 aliphatic heterocycles. The first kappa shape index (κ1) is 25.1. The number of hydrogen-bond donors (Lipinski definition) is 0. The summed E-state index contributed by atoms with van der Waals surface area (Å²) in [5, 5.41) is 11.0. The Kier molecular flexibility index (Phi) is 7.47. The Bertz CT molecular complexity index is 1390. The van der Waals surface area contributed by atoms with Gasteiger partial charge in [0.2, 0.25) is 0 Å². The third kappa shape index (κ3) is 5.29. The van der Waals surface area contributed by atoms with E-state index in [9.17, 15) is 19.7 Å². The van der Waals surface area contributed by atoms with Crippen LogP contribution in [0.15, 0.2) is 77.7 Å². The molecule has 1 fully saturated rings. The highest BCUT2D eigenvalue weighted by Crippen LogP contribution is 2.39. The molecule has 0 aromatic heterocycles. The molecule has 0 saturated carbocycles. The average molecular weight is 521 g/mol.